The van der Waals surface area contributed by atoms with Crippen LogP contribution in [0.2, 0.25) is 0 Å². The fraction of sp³-hybridized carbons (Fsp3) is 0.962. The Labute approximate surface area is 183 Å². The number of ether oxygens (including phenoxy) is 2. The molecule has 4 rings (SSSR count). The highest BCUT2D eigenvalue weighted by Crippen LogP contribution is 2.68. The van der Waals surface area contributed by atoms with Crippen molar-refractivity contribution in [2.24, 2.45) is 40.4 Å². The van der Waals surface area contributed by atoms with Gasteiger partial charge in [0.05, 0.1) is 19.3 Å². The zero-order valence-corrected chi connectivity index (χ0v) is 19.8. The molecule has 0 radical (unpaired) electrons. The van der Waals surface area contributed by atoms with Crippen molar-refractivity contribution in [1.29, 1.82) is 0 Å². The third kappa shape index (κ3) is 3.74. The van der Waals surface area contributed by atoms with Crippen LogP contribution in [0, 0.1) is 40.4 Å². The number of methoxy groups -OCH3 is 2. The lowest BCUT2D eigenvalue weighted by Gasteiger charge is -2.62. The molecule has 0 heterocycles. The van der Waals surface area contributed by atoms with E-state index in [4.69, 9.17) is 9.47 Å². The molecule has 4 fully saturated rings. The lowest BCUT2D eigenvalue weighted by molar-refractivity contribution is -0.162. The summed E-state index contributed by atoms with van der Waals surface area (Å²) in [6, 6.07) is 0. The second-order valence-corrected chi connectivity index (χ2v) is 11.8. The van der Waals surface area contributed by atoms with Gasteiger partial charge in [0.1, 0.15) is 0 Å². The van der Waals surface area contributed by atoms with Crippen molar-refractivity contribution in [3.63, 3.8) is 0 Å². The highest BCUT2D eigenvalue weighted by Gasteiger charge is 2.61. The molecule has 4 aliphatic rings. The SMILES string of the molecule is COCC1(O)CCC2(C)C(CCC3C4CCC(CCCC(=O)OC)C4(C)CCC32)C1. The van der Waals surface area contributed by atoms with Gasteiger partial charge in [-0.25, -0.2) is 0 Å². The van der Waals surface area contributed by atoms with Gasteiger partial charge in [-0.05, 0) is 111 Å². The van der Waals surface area contributed by atoms with Crippen LogP contribution in [-0.2, 0) is 14.3 Å². The lowest BCUT2D eigenvalue weighted by atomic mass is 9.44. The van der Waals surface area contributed by atoms with Crippen molar-refractivity contribution in [3.05, 3.63) is 0 Å². The van der Waals surface area contributed by atoms with E-state index in [0.717, 1.165) is 49.4 Å². The average molecular weight is 421 g/mol. The monoisotopic (exact) mass is 420 g/mol. The summed E-state index contributed by atoms with van der Waals surface area (Å²) in [5, 5.41) is 11.0. The van der Waals surface area contributed by atoms with Crippen LogP contribution in [-0.4, -0.2) is 37.5 Å². The number of rotatable bonds is 6. The van der Waals surface area contributed by atoms with Gasteiger partial charge >= 0.3 is 5.97 Å². The van der Waals surface area contributed by atoms with Gasteiger partial charge in [-0.15, -0.1) is 0 Å². The summed E-state index contributed by atoms with van der Waals surface area (Å²) in [4.78, 5) is 11.5. The fourth-order valence-electron chi connectivity index (χ4n) is 8.90. The van der Waals surface area contributed by atoms with Crippen LogP contribution in [0.3, 0.4) is 0 Å². The molecule has 0 bridgehead atoms. The molecule has 4 aliphatic carbocycles. The minimum absolute atomic E-state index is 0.0598. The second kappa shape index (κ2) is 8.39. The second-order valence-electron chi connectivity index (χ2n) is 11.8. The number of esters is 1. The zero-order valence-electron chi connectivity index (χ0n) is 19.8. The molecule has 4 saturated carbocycles. The topological polar surface area (TPSA) is 55.8 Å². The molecule has 8 unspecified atom stereocenters. The van der Waals surface area contributed by atoms with Gasteiger partial charge in [-0.2, -0.15) is 0 Å². The Morgan fingerprint density at radius 3 is 2.47 bits per heavy atom. The van der Waals surface area contributed by atoms with Crippen LogP contribution in [0.4, 0.5) is 0 Å². The standard InChI is InChI=1S/C26H44O4/c1-24-13-12-22-20(21(24)11-9-18(24)6-5-7-23(27)30-4)10-8-19-16-26(28,17-29-3)15-14-25(19,22)2/h18-22,28H,5-17H2,1-4H3. The Morgan fingerprint density at radius 2 is 1.73 bits per heavy atom. The van der Waals surface area contributed by atoms with E-state index >= 15 is 0 Å². The van der Waals surface area contributed by atoms with Gasteiger partial charge < -0.3 is 14.6 Å². The van der Waals surface area contributed by atoms with Crippen LogP contribution in [0.1, 0.15) is 90.9 Å². The fourth-order valence-corrected chi connectivity index (χ4v) is 8.90. The van der Waals surface area contributed by atoms with Crippen LogP contribution >= 0.6 is 0 Å². The van der Waals surface area contributed by atoms with Gasteiger partial charge in [0.15, 0.2) is 0 Å². The predicted molar refractivity (Wildman–Crippen MR) is 118 cm³/mol. The molecule has 1 N–H and O–H groups in total. The quantitative estimate of drug-likeness (QED) is 0.587. The average Bonchev–Trinajstić information content (AvgIpc) is 3.05. The Morgan fingerprint density at radius 1 is 0.967 bits per heavy atom. The Hall–Kier alpha value is -0.610. The van der Waals surface area contributed by atoms with Crippen molar-refractivity contribution >= 4 is 5.97 Å². The molecule has 4 heteroatoms. The first-order chi connectivity index (χ1) is 14.3. The number of hydrogen-bond donors (Lipinski definition) is 1. The van der Waals surface area contributed by atoms with Crippen molar-refractivity contribution in [3.8, 4) is 0 Å². The molecule has 0 aromatic carbocycles. The van der Waals surface area contributed by atoms with E-state index in [-0.39, 0.29) is 5.97 Å². The molecular weight excluding hydrogens is 376 g/mol. The highest BCUT2D eigenvalue weighted by molar-refractivity contribution is 5.68. The lowest BCUT2D eigenvalue weighted by Crippen LogP contribution is -2.56. The minimum atomic E-state index is -0.604. The van der Waals surface area contributed by atoms with E-state index < -0.39 is 5.60 Å². The normalized spacial score (nSPS) is 47.8. The number of carbonyl (C=O) groups is 1. The molecule has 0 aromatic heterocycles. The molecular formula is C26H44O4. The van der Waals surface area contributed by atoms with E-state index in [1.54, 1.807) is 7.11 Å². The van der Waals surface area contributed by atoms with Crippen molar-refractivity contribution < 1.29 is 19.4 Å². The molecule has 8 atom stereocenters. The Balaban J connectivity index is 1.44. The smallest absolute Gasteiger partial charge is 0.305 e. The molecule has 4 nitrogen and oxygen atoms in total. The third-order valence-electron chi connectivity index (χ3n) is 10.6. The van der Waals surface area contributed by atoms with E-state index in [1.807, 2.05) is 0 Å². The van der Waals surface area contributed by atoms with E-state index in [1.165, 1.54) is 52.1 Å². The van der Waals surface area contributed by atoms with E-state index in [9.17, 15) is 9.90 Å². The van der Waals surface area contributed by atoms with Crippen LogP contribution < -0.4 is 0 Å². The maximum atomic E-state index is 11.5. The first kappa shape index (κ1) is 22.6. The summed E-state index contributed by atoms with van der Waals surface area (Å²) in [7, 11) is 3.21. The summed E-state index contributed by atoms with van der Waals surface area (Å²) in [5.74, 6) is 3.91. The largest absolute Gasteiger partial charge is 0.469 e. The maximum Gasteiger partial charge on any atom is 0.305 e. The predicted octanol–water partition coefficient (Wildman–Crippen LogP) is 5.37. The summed E-state index contributed by atoms with van der Waals surface area (Å²) < 4.78 is 10.2. The van der Waals surface area contributed by atoms with Gasteiger partial charge in [0.2, 0.25) is 0 Å². The van der Waals surface area contributed by atoms with Gasteiger partial charge in [-0.3, -0.25) is 4.79 Å². The molecule has 30 heavy (non-hydrogen) atoms. The first-order valence-corrected chi connectivity index (χ1v) is 12.5. The molecule has 0 aliphatic heterocycles. The molecule has 0 spiro atoms. The molecule has 0 aromatic rings. The summed E-state index contributed by atoms with van der Waals surface area (Å²) in [6.45, 7) is 5.63. The highest BCUT2D eigenvalue weighted by atomic mass is 16.5. The van der Waals surface area contributed by atoms with Crippen molar-refractivity contribution in [2.75, 3.05) is 20.8 Å². The number of aliphatic hydroxyl groups is 1. The number of fused-ring (bicyclic) bond motifs is 5. The van der Waals surface area contributed by atoms with Gasteiger partial charge in [0.25, 0.3) is 0 Å². The molecule has 0 saturated heterocycles. The number of hydrogen-bond acceptors (Lipinski definition) is 4. The van der Waals surface area contributed by atoms with Gasteiger partial charge in [-0.1, -0.05) is 13.8 Å². The summed E-state index contributed by atoms with van der Waals surface area (Å²) in [5.41, 5.74) is 0.256. The molecule has 172 valence electrons. The zero-order chi connectivity index (χ0) is 21.6. The summed E-state index contributed by atoms with van der Waals surface area (Å²) in [6.07, 6.45) is 13.8. The maximum absolute atomic E-state index is 11.5. The number of carbonyl (C=O) groups excluding carboxylic acids is 1. The Kier molecular flexibility index (Phi) is 6.31. The van der Waals surface area contributed by atoms with Gasteiger partial charge in [0, 0.05) is 13.5 Å². The molecule has 0 amide bonds. The Bertz CT molecular complexity index is 635. The van der Waals surface area contributed by atoms with Crippen LogP contribution in [0.5, 0.6) is 0 Å². The minimum Gasteiger partial charge on any atom is -0.469 e. The van der Waals surface area contributed by atoms with Crippen LogP contribution in [0.15, 0.2) is 0 Å². The summed E-state index contributed by atoms with van der Waals surface area (Å²) >= 11 is 0. The van der Waals surface area contributed by atoms with E-state index in [0.29, 0.717) is 29.8 Å². The first-order valence-electron chi connectivity index (χ1n) is 12.5. The van der Waals surface area contributed by atoms with E-state index in [2.05, 4.69) is 13.8 Å². The third-order valence-corrected chi connectivity index (χ3v) is 10.6. The van der Waals surface area contributed by atoms with Crippen LogP contribution in [0.25, 0.3) is 0 Å². The van der Waals surface area contributed by atoms with Crippen molar-refractivity contribution in [1.82, 2.24) is 0 Å². The van der Waals surface area contributed by atoms with Crippen molar-refractivity contribution in [2.45, 2.75) is 96.5 Å².